The summed E-state index contributed by atoms with van der Waals surface area (Å²) in [5, 5.41) is 10.4. The molecular weight excluding hydrogens is 344 g/mol. The molecule has 8 nitrogen and oxygen atoms in total. The van der Waals surface area contributed by atoms with Crippen molar-refractivity contribution in [1.29, 1.82) is 0 Å². The van der Waals surface area contributed by atoms with Crippen LogP contribution >= 0.6 is 0 Å². The molecule has 0 saturated heterocycles. The van der Waals surface area contributed by atoms with Crippen molar-refractivity contribution in [3.63, 3.8) is 0 Å². The fourth-order valence-electron chi connectivity index (χ4n) is 2.90. The first-order valence-corrected chi connectivity index (χ1v) is 7.65. The highest BCUT2D eigenvalue weighted by molar-refractivity contribution is 6.09. The second kappa shape index (κ2) is 5.16. The molecule has 0 unspecified atom stereocenters. The minimum atomic E-state index is -0.655. The van der Waals surface area contributed by atoms with E-state index >= 15 is 0 Å². The van der Waals surface area contributed by atoms with E-state index in [2.05, 4.69) is 0 Å². The number of phenols is 1. The van der Waals surface area contributed by atoms with Gasteiger partial charge in [0.25, 0.3) is 0 Å². The first-order valence-electron chi connectivity index (χ1n) is 7.65. The number of carbonyl (C=O) groups is 1. The van der Waals surface area contributed by atoms with Gasteiger partial charge >= 0.3 is 0 Å². The molecule has 0 spiro atoms. The van der Waals surface area contributed by atoms with Crippen LogP contribution in [-0.2, 0) is 0 Å². The maximum Gasteiger partial charge on any atom is 0.232 e. The van der Waals surface area contributed by atoms with Crippen molar-refractivity contribution in [3.05, 3.63) is 51.9 Å². The number of hydrogen-bond donors (Lipinski definition) is 1. The zero-order chi connectivity index (χ0) is 17.8. The molecule has 26 heavy (non-hydrogen) atoms. The van der Waals surface area contributed by atoms with Gasteiger partial charge < -0.3 is 28.5 Å². The lowest BCUT2D eigenvalue weighted by Gasteiger charge is -2.06. The third-order valence-corrected chi connectivity index (χ3v) is 4.18. The fraction of sp³-hybridized carbons (Fsp3) is 0.111. The minimum absolute atomic E-state index is 0.00462. The predicted molar refractivity (Wildman–Crippen MR) is 86.3 cm³/mol. The van der Waals surface area contributed by atoms with E-state index in [0.717, 1.165) is 6.07 Å². The van der Waals surface area contributed by atoms with E-state index < -0.39 is 11.2 Å². The van der Waals surface area contributed by atoms with E-state index in [1.807, 2.05) is 0 Å². The molecule has 2 aliphatic rings. The molecule has 0 aliphatic carbocycles. The standard InChI is InChI=1S/C18H10O8/c19-10-4-17(26-12-5-16-13(1-8(10)12)22-7-25-16)18(21)9-2-14-15(3-11(9)20)24-6-23-14/h1-5,20H,6-7H2. The van der Waals surface area contributed by atoms with E-state index in [1.165, 1.54) is 24.3 Å². The van der Waals surface area contributed by atoms with Crippen molar-refractivity contribution < 1.29 is 33.3 Å². The van der Waals surface area contributed by atoms with E-state index in [1.54, 1.807) is 0 Å². The predicted octanol–water partition coefficient (Wildman–Crippen LogP) is 2.19. The summed E-state index contributed by atoms with van der Waals surface area (Å²) in [6.45, 7) is 0.0569. The van der Waals surface area contributed by atoms with Crippen LogP contribution in [0, 0.1) is 0 Å². The second-order valence-electron chi connectivity index (χ2n) is 5.73. The number of rotatable bonds is 2. The lowest BCUT2D eigenvalue weighted by atomic mass is 10.1. The quantitative estimate of drug-likeness (QED) is 0.698. The van der Waals surface area contributed by atoms with E-state index in [4.69, 9.17) is 23.4 Å². The third kappa shape index (κ3) is 2.08. The molecule has 0 atom stereocenters. The Kier molecular flexibility index (Phi) is 2.90. The lowest BCUT2D eigenvalue weighted by molar-refractivity contribution is 0.101. The van der Waals surface area contributed by atoms with Gasteiger partial charge in [0.15, 0.2) is 34.2 Å². The van der Waals surface area contributed by atoms with Gasteiger partial charge in [0, 0.05) is 18.2 Å². The second-order valence-corrected chi connectivity index (χ2v) is 5.73. The number of hydrogen-bond acceptors (Lipinski definition) is 8. The summed E-state index contributed by atoms with van der Waals surface area (Å²) in [7, 11) is 0. The van der Waals surface area contributed by atoms with Crippen molar-refractivity contribution >= 4 is 16.8 Å². The van der Waals surface area contributed by atoms with E-state index in [9.17, 15) is 14.7 Å². The number of carbonyl (C=O) groups excluding carboxylic acids is 1. The van der Waals surface area contributed by atoms with Gasteiger partial charge in [-0.05, 0) is 12.1 Å². The van der Waals surface area contributed by atoms with Gasteiger partial charge in [-0.1, -0.05) is 0 Å². The number of benzene rings is 2. The van der Waals surface area contributed by atoms with Crippen molar-refractivity contribution in [3.8, 4) is 28.7 Å². The average molecular weight is 354 g/mol. The van der Waals surface area contributed by atoms with Crippen molar-refractivity contribution in [1.82, 2.24) is 0 Å². The van der Waals surface area contributed by atoms with Crippen molar-refractivity contribution in [2.24, 2.45) is 0 Å². The van der Waals surface area contributed by atoms with Crippen LogP contribution in [0.1, 0.15) is 16.1 Å². The highest BCUT2D eigenvalue weighted by Crippen LogP contribution is 2.39. The molecule has 0 bridgehead atoms. The molecule has 5 rings (SSSR count). The molecule has 0 radical (unpaired) electrons. The zero-order valence-corrected chi connectivity index (χ0v) is 13.1. The third-order valence-electron chi connectivity index (χ3n) is 4.18. The van der Waals surface area contributed by atoms with Crippen molar-refractivity contribution in [2.75, 3.05) is 13.6 Å². The smallest absolute Gasteiger partial charge is 0.232 e. The van der Waals surface area contributed by atoms with Crippen LogP contribution in [0.15, 0.2) is 39.5 Å². The molecule has 2 aromatic carbocycles. The normalized spacial score (nSPS) is 14.0. The SMILES string of the molecule is O=C(c1cc(=O)c2cc3c(cc2o1)OCO3)c1cc2c(cc1O)OCO2. The Morgan fingerprint density at radius 3 is 2.19 bits per heavy atom. The van der Waals surface area contributed by atoms with Gasteiger partial charge in [0.05, 0.1) is 10.9 Å². The molecule has 1 aromatic heterocycles. The van der Waals surface area contributed by atoms with E-state index in [0.29, 0.717) is 23.0 Å². The molecule has 3 aromatic rings. The maximum absolute atomic E-state index is 12.8. The van der Waals surface area contributed by atoms with Crippen LogP contribution in [0.5, 0.6) is 28.7 Å². The highest BCUT2D eigenvalue weighted by Gasteiger charge is 2.24. The molecule has 130 valence electrons. The Hall–Kier alpha value is -3.68. The molecule has 0 amide bonds. The lowest BCUT2D eigenvalue weighted by Crippen LogP contribution is -2.08. The summed E-state index contributed by atoms with van der Waals surface area (Å²) in [6.07, 6.45) is 0. The van der Waals surface area contributed by atoms with Gasteiger partial charge in [0.1, 0.15) is 11.3 Å². The van der Waals surface area contributed by atoms with Crippen LogP contribution in [0.25, 0.3) is 11.0 Å². The van der Waals surface area contributed by atoms with Crippen LogP contribution in [0.2, 0.25) is 0 Å². The van der Waals surface area contributed by atoms with Gasteiger partial charge in [-0.2, -0.15) is 0 Å². The molecule has 0 saturated carbocycles. The Bertz CT molecular complexity index is 1140. The van der Waals surface area contributed by atoms with Gasteiger partial charge in [-0.3, -0.25) is 9.59 Å². The van der Waals surface area contributed by atoms with Crippen LogP contribution in [0.4, 0.5) is 0 Å². The number of ketones is 1. The Morgan fingerprint density at radius 1 is 0.846 bits per heavy atom. The minimum Gasteiger partial charge on any atom is -0.507 e. The summed E-state index contributed by atoms with van der Waals surface area (Å²) in [4.78, 5) is 25.1. The topological polar surface area (TPSA) is 104 Å². The molecule has 0 fully saturated rings. The van der Waals surface area contributed by atoms with Gasteiger partial charge in [-0.15, -0.1) is 0 Å². The highest BCUT2D eigenvalue weighted by atomic mass is 16.7. The van der Waals surface area contributed by atoms with E-state index in [-0.39, 0.29) is 41.6 Å². The molecule has 8 heteroatoms. The van der Waals surface area contributed by atoms with Crippen LogP contribution in [-0.4, -0.2) is 24.5 Å². The number of ether oxygens (including phenoxy) is 4. The summed E-state index contributed by atoms with van der Waals surface area (Å²) < 4.78 is 26.5. The summed E-state index contributed by atoms with van der Waals surface area (Å²) in [5.74, 6) is 0.374. The van der Waals surface area contributed by atoms with Crippen LogP contribution < -0.4 is 24.4 Å². The fourth-order valence-corrected chi connectivity index (χ4v) is 2.90. The summed E-state index contributed by atoms with van der Waals surface area (Å²) in [5.41, 5.74) is -0.282. The number of phenolic OH excluding ortho intramolecular Hbond substituents is 1. The first kappa shape index (κ1) is 14.6. The largest absolute Gasteiger partial charge is 0.507 e. The molecule has 3 heterocycles. The van der Waals surface area contributed by atoms with Gasteiger partial charge in [-0.25, -0.2) is 0 Å². The monoisotopic (exact) mass is 354 g/mol. The number of aromatic hydroxyl groups is 1. The Morgan fingerprint density at radius 2 is 1.46 bits per heavy atom. The molecule has 2 aliphatic heterocycles. The number of fused-ring (bicyclic) bond motifs is 3. The molecule has 1 N–H and O–H groups in total. The average Bonchev–Trinajstić information content (AvgIpc) is 3.26. The Labute approximate surface area is 145 Å². The van der Waals surface area contributed by atoms with Crippen LogP contribution in [0.3, 0.4) is 0 Å². The summed E-state index contributed by atoms with van der Waals surface area (Å²) >= 11 is 0. The zero-order valence-electron chi connectivity index (χ0n) is 13.1. The van der Waals surface area contributed by atoms with Gasteiger partial charge in [0.2, 0.25) is 19.4 Å². The van der Waals surface area contributed by atoms with Crippen molar-refractivity contribution in [2.45, 2.75) is 0 Å². The summed E-state index contributed by atoms with van der Waals surface area (Å²) in [6, 6.07) is 6.72. The molecular formula is C18H10O8. The Balaban J connectivity index is 1.64. The maximum atomic E-state index is 12.8. The first-order chi connectivity index (χ1) is 12.6.